The van der Waals surface area contributed by atoms with Crippen LogP contribution in [0.25, 0.3) is 0 Å². The van der Waals surface area contributed by atoms with Gasteiger partial charge >= 0.3 is 6.18 Å². The van der Waals surface area contributed by atoms with Crippen molar-refractivity contribution in [2.24, 2.45) is 0 Å². The molecule has 0 amide bonds. The molecule has 5 nitrogen and oxygen atoms in total. The Bertz CT molecular complexity index is 1370. The van der Waals surface area contributed by atoms with Crippen LogP contribution in [-0.4, -0.2) is 14.2 Å². The summed E-state index contributed by atoms with van der Waals surface area (Å²) in [5.74, 6) is -0.731. The second kappa shape index (κ2) is 8.40. The summed E-state index contributed by atoms with van der Waals surface area (Å²) >= 11 is 0. The second-order valence-corrected chi connectivity index (χ2v) is 9.41. The van der Waals surface area contributed by atoms with Crippen LogP contribution in [-0.2, 0) is 22.7 Å². The first-order valence-corrected chi connectivity index (χ1v) is 11.4. The maximum absolute atomic E-state index is 13.4. The van der Waals surface area contributed by atoms with E-state index < -0.39 is 32.5 Å². The van der Waals surface area contributed by atoms with Crippen molar-refractivity contribution in [3.05, 3.63) is 106 Å². The second-order valence-electron chi connectivity index (χ2n) is 7.58. The number of hydrogen-bond acceptors (Lipinski definition) is 4. The van der Waals surface area contributed by atoms with Gasteiger partial charge in [0.1, 0.15) is 0 Å². The van der Waals surface area contributed by atoms with Gasteiger partial charge < -0.3 is 5.32 Å². The minimum atomic E-state index is -4.55. The predicted molar refractivity (Wildman–Crippen MR) is 120 cm³/mol. The number of alkyl halides is 3. The van der Waals surface area contributed by atoms with Gasteiger partial charge in [0, 0.05) is 17.5 Å². The lowest BCUT2D eigenvalue weighted by atomic mass is 10.1. The van der Waals surface area contributed by atoms with Crippen LogP contribution >= 0.6 is 0 Å². The molecule has 0 unspecified atom stereocenters. The molecule has 0 bridgehead atoms. The molecule has 0 aliphatic carbocycles. The molecule has 1 N–H and O–H groups in total. The van der Waals surface area contributed by atoms with Crippen LogP contribution in [0.4, 0.5) is 24.5 Å². The number of allylic oxidation sites excluding steroid dienone is 1. The third-order valence-electron chi connectivity index (χ3n) is 5.18. The zero-order valence-corrected chi connectivity index (χ0v) is 18.2. The Morgan fingerprint density at radius 3 is 2.42 bits per heavy atom. The molecule has 4 rings (SSSR count). The number of nitrogens with one attached hydrogen (secondary N) is 1. The molecular formula is C24H19F3N2O3S. The number of rotatable bonds is 4. The van der Waals surface area contributed by atoms with Crippen LogP contribution in [0.15, 0.2) is 83.9 Å². The first kappa shape index (κ1) is 22.6. The first-order valence-electron chi connectivity index (χ1n) is 9.93. The number of benzene rings is 3. The standard InChI is InChI=1S/C24H19F3N2O3S/c1-16-6-4-7-17(12-16)15-29-21-11-3-2-10-20(21)23(30)22(33(29,31)32)14-28-19-9-5-8-18(13-19)24(25,26)27/h2-14,28H,15H2,1H3. The molecule has 3 aromatic rings. The van der Waals surface area contributed by atoms with Crippen molar-refractivity contribution in [1.82, 2.24) is 0 Å². The van der Waals surface area contributed by atoms with Crippen molar-refractivity contribution in [3.8, 4) is 0 Å². The normalized spacial score (nSPS) is 16.5. The van der Waals surface area contributed by atoms with E-state index >= 15 is 0 Å². The average molecular weight is 472 g/mol. The minimum Gasteiger partial charge on any atom is -0.360 e. The van der Waals surface area contributed by atoms with E-state index in [0.717, 1.165) is 33.8 Å². The van der Waals surface area contributed by atoms with Gasteiger partial charge in [-0.05, 0) is 42.8 Å². The summed E-state index contributed by atoms with van der Waals surface area (Å²) in [4.78, 5) is 12.5. The molecule has 0 fully saturated rings. The highest BCUT2D eigenvalue weighted by atomic mass is 32.2. The van der Waals surface area contributed by atoms with Crippen LogP contribution < -0.4 is 9.62 Å². The number of hydrogen-bond donors (Lipinski definition) is 1. The summed E-state index contributed by atoms with van der Waals surface area (Å²) in [5.41, 5.74) is 1.23. The smallest absolute Gasteiger partial charge is 0.360 e. The molecule has 9 heteroatoms. The number of carbonyl (C=O) groups excluding carboxylic acids is 1. The Hall–Kier alpha value is -3.59. The van der Waals surface area contributed by atoms with Gasteiger partial charge in [0.2, 0.25) is 5.78 Å². The largest absolute Gasteiger partial charge is 0.416 e. The van der Waals surface area contributed by atoms with Crippen LogP contribution in [0, 0.1) is 6.92 Å². The minimum absolute atomic E-state index is 0.00409. The highest BCUT2D eigenvalue weighted by Gasteiger charge is 2.40. The van der Waals surface area contributed by atoms with Gasteiger partial charge in [-0.15, -0.1) is 0 Å². The lowest BCUT2D eigenvalue weighted by molar-refractivity contribution is -0.137. The highest BCUT2D eigenvalue weighted by Crippen LogP contribution is 2.36. The fourth-order valence-corrected chi connectivity index (χ4v) is 5.13. The van der Waals surface area contributed by atoms with Crippen LogP contribution in [0.3, 0.4) is 0 Å². The summed E-state index contributed by atoms with van der Waals surface area (Å²) in [6, 6.07) is 18.0. The number of sulfonamides is 1. The van der Waals surface area contributed by atoms with Crippen molar-refractivity contribution in [2.75, 3.05) is 9.62 Å². The monoisotopic (exact) mass is 472 g/mol. The zero-order chi connectivity index (χ0) is 23.8. The average Bonchev–Trinajstić information content (AvgIpc) is 2.76. The van der Waals surface area contributed by atoms with E-state index in [2.05, 4.69) is 5.32 Å². The number of anilines is 2. The molecule has 170 valence electrons. The number of aryl methyl sites for hydroxylation is 1. The summed E-state index contributed by atoms with van der Waals surface area (Å²) in [6.07, 6.45) is -3.60. The van der Waals surface area contributed by atoms with Crippen molar-refractivity contribution in [1.29, 1.82) is 0 Å². The first-order chi connectivity index (χ1) is 15.6. The SMILES string of the molecule is Cc1cccc(CN2c3ccccc3C(=O)C(=CNc3cccc(C(F)(F)F)c3)S2(=O)=O)c1. The predicted octanol–water partition coefficient (Wildman–Crippen LogP) is 5.50. The molecule has 0 spiro atoms. The fourth-order valence-electron chi connectivity index (χ4n) is 3.60. The Kier molecular flexibility index (Phi) is 5.75. The van der Waals surface area contributed by atoms with Gasteiger partial charge in [0.05, 0.1) is 17.8 Å². The van der Waals surface area contributed by atoms with Crippen LogP contribution in [0.2, 0.25) is 0 Å². The highest BCUT2D eigenvalue weighted by molar-refractivity contribution is 7.97. The lowest BCUT2D eigenvalue weighted by Crippen LogP contribution is -2.39. The maximum atomic E-state index is 13.4. The van der Waals surface area contributed by atoms with Crippen LogP contribution in [0.1, 0.15) is 27.0 Å². The molecule has 0 aromatic heterocycles. The summed E-state index contributed by atoms with van der Waals surface area (Å²) in [7, 11) is -4.29. The quantitative estimate of drug-likeness (QED) is 0.510. The van der Waals surface area contributed by atoms with Crippen LogP contribution in [0.5, 0.6) is 0 Å². The molecule has 0 atom stereocenters. The Morgan fingerprint density at radius 1 is 0.970 bits per heavy atom. The Morgan fingerprint density at radius 2 is 1.70 bits per heavy atom. The van der Waals surface area contributed by atoms with E-state index in [4.69, 9.17) is 0 Å². The molecule has 1 heterocycles. The molecule has 0 saturated carbocycles. The van der Waals surface area contributed by atoms with Gasteiger partial charge in [0.25, 0.3) is 10.0 Å². The number of halogens is 3. The fraction of sp³-hybridized carbons (Fsp3) is 0.125. The molecule has 1 aliphatic heterocycles. The van der Waals surface area contributed by atoms with E-state index in [1.165, 1.54) is 18.2 Å². The van der Waals surface area contributed by atoms with Crippen molar-refractivity contribution in [2.45, 2.75) is 19.6 Å². The number of nitrogens with zero attached hydrogens (tertiary/aromatic N) is 1. The van der Waals surface area contributed by atoms with E-state index in [0.29, 0.717) is 0 Å². The summed E-state index contributed by atoms with van der Waals surface area (Å²) in [6.45, 7) is 1.88. The number of Topliss-reactive ketones (excluding diaryl/α,β-unsaturated/α-hetero) is 1. The van der Waals surface area contributed by atoms with E-state index in [9.17, 15) is 26.4 Å². The van der Waals surface area contributed by atoms with Crippen molar-refractivity contribution < 1.29 is 26.4 Å². The lowest BCUT2D eigenvalue weighted by Gasteiger charge is -2.31. The van der Waals surface area contributed by atoms with Crippen molar-refractivity contribution in [3.63, 3.8) is 0 Å². The van der Waals surface area contributed by atoms with Crippen molar-refractivity contribution >= 4 is 27.2 Å². The van der Waals surface area contributed by atoms with E-state index in [1.54, 1.807) is 24.3 Å². The summed E-state index contributed by atoms with van der Waals surface area (Å²) < 4.78 is 67.0. The number of fused-ring (bicyclic) bond motifs is 1. The van der Waals surface area contributed by atoms with Gasteiger partial charge in [-0.1, -0.05) is 48.0 Å². The molecule has 1 aliphatic rings. The molecular weight excluding hydrogens is 453 g/mol. The topological polar surface area (TPSA) is 66.5 Å². The third kappa shape index (κ3) is 4.49. The molecule has 0 radical (unpaired) electrons. The Balaban J connectivity index is 1.75. The Labute approximate surface area is 189 Å². The van der Waals surface area contributed by atoms with Gasteiger partial charge in [0.15, 0.2) is 4.91 Å². The van der Waals surface area contributed by atoms with Gasteiger partial charge in [-0.25, -0.2) is 8.42 Å². The molecule has 3 aromatic carbocycles. The van der Waals surface area contributed by atoms with E-state index in [1.807, 2.05) is 25.1 Å². The third-order valence-corrected chi connectivity index (χ3v) is 6.94. The van der Waals surface area contributed by atoms with Gasteiger partial charge in [-0.3, -0.25) is 9.10 Å². The zero-order valence-electron chi connectivity index (χ0n) is 17.4. The summed E-state index contributed by atoms with van der Waals surface area (Å²) in [5, 5.41) is 2.55. The number of carbonyl (C=O) groups is 1. The number of para-hydroxylation sites is 1. The van der Waals surface area contributed by atoms with E-state index in [-0.39, 0.29) is 23.5 Å². The number of ketones is 1. The maximum Gasteiger partial charge on any atom is 0.416 e. The molecule has 0 saturated heterocycles. The molecule has 33 heavy (non-hydrogen) atoms. The van der Waals surface area contributed by atoms with Gasteiger partial charge in [-0.2, -0.15) is 13.2 Å².